The smallest absolute Gasteiger partial charge is 0.244 e. The molecule has 1 atom stereocenters. The summed E-state index contributed by atoms with van der Waals surface area (Å²) in [4.78, 5) is 40.2. The van der Waals surface area contributed by atoms with E-state index in [2.05, 4.69) is 5.32 Å². The van der Waals surface area contributed by atoms with E-state index in [0.29, 0.717) is 28.8 Å². The van der Waals surface area contributed by atoms with E-state index in [-0.39, 0.29) is 36.7 Å². The lowest BCUT2D eigenvalue weighted by atomic mass is 10.1. The molecule has 1 heterocycles. The lowest BCUT2D eigenvalue weighted by Crippen LogP contribution is -2.42. The summed E-state index contributed by atoms with van der Waals surface area (Å²) in [6.45, 7) is 6.28. The summed E-state index contributed by atoms with van der Waals surface area (Å²) in [5, 5.41) is 3.31. The predicted molar refractivity (Wildman–Crippen MR) is 102 cm³/mol. The number of carbonyl (C=O) groups is 3. The Balaban J connectivity index is 2.01. The van der Waals surface area contributed by atoms with Crippen LogP contribution < -0.4 is 5.32 Å². The summed E-state index contributed by atoms with van der Waals surface area (Å²) >= 11 is 12.1. The number of hydrogen-bond donors (Lipinski definition) is 1. The van der Waals surface area contributed by atoms with E-state index < -0.39 is 5.92 Å². The van der Waals surface area contributed by atoms with Gasteiger partial charge in [0.1, 0.15) is 0 Å². The van der Waals surface area contributed by atoms with Crippen LogP contribution in [-0.2, 0) is 14.4 Å². The van der Waals surface area contributed by atoms with Gasteiger partial charge in [-0.05, 0) is 32.9 Å². The van der Waals surface area contributed by atoms with Crippen molar-refractivity contribution in [2.75, 3.05) is 25.0 Å². The number of amides is 3. The Kier molecular flexibility index (Phi) is 6.89. The highest BCUT2D eigenvalue weighted by Gasteiger charge is 2.37. The Hall–Kier alpha value is -1.79. The van der Waals surface area contributed by atoms with Crippen molar-refractivity contribution in [1.82, 2.24) is 9.80 Å². The first kappa shape index (κ1) is 20.5. The van der Waals surface area contributed by atoms with Crippen LogP contribution in [0, 0.1) is 5.92 Å². The van der Waals surface area contributed by atoms with Crippen LogP contribution in [0.2, 0.25) is 10.0 Å². The van der Waals surface area contributed by atoms with Crippen molar-refractivity contribution < 1.29 is 14.4 Å². The number of nitrogens with one attached hydrogen (secondary N) is 1. The van der Waals surface area contributed by atoms with Crippen molar-refractivity contribution in [3.63, 3.8) is 0 Å². The first-order valence-electron chi connectivity index (χ1n) is 8.56. The molecule has 1 N–H and O–H groups in total. The van der Waals surface area contributed by atoms with Gasteiger partial charge >= 0.3 is 0 Å². The van der Waals surface area contributed by atoms with Gasteiger partial charge in [0.15, 0.2) is 0 Å². The van der Waals surface area contributed by atoms with E-state index in [1.165, 1.54) is 4.90 Å². The molecule has 0 radical (unpaired) electrons. The maximum absolute atomic E-state index is 12.7. The third-order valence-electron chi connectivity index (χ3n) is 4.39. The van der Waals surface area contributed by atoms with Gasteiger partial charge < -0.3 is 15.1 Å². The van der Waals surface area contributed by atoms with Crippen LogP contribution in [0.15, 0.2) is 18.2 Å². The van der Waals surface area contributed by atoms with E-state index >= 15 is 0 Å². The minimum atomic E-state index is -0.415. The van der Waals surface area contributed by atoms with Gasteiger partial charge in [-0.1, -0.05) is 29.3 Å². The molecule has 1 aromatic rings. The van der Waals surface area contributed by atoms with Crippen molar-refractivity contribution in [2.45, 2.75) is 33.2 Å². The predicted octanol–water partition coefficient (Wildman–Crippen LogP) is 3.04. The molecule has 0 bridgehead atoms. The molecule has 26 heavy (non-hydrogen) atoms. The fourth-order valence-corrected chi connectivity index (χ4v) is 3.46. The Morgan fingerprint density at radius 2 is 1.92 bits per heavy atom. The average molecular weight is 400 g/mol. The SMILES string of the molecule is CCN(CC(=O)Nc1c(Cl)cccc1Cl)C(=O)C1CC(=O)N(C(C)C)C1. The molecule has 0 aliphatic carbocycles. The zero-order valence-electron chi connectivity index (χ0n) is 15.1. The van der Waals surface area contributed by atoms with Gasteiger partial charge in [-0.3, -0.25) is 14.4 Å². The highest BCUT2D eigenvalue weighted by molar-refractivity contribution is 6.39. The Morgan fingerprint density at radius 1 is 1.31 bits per heavy atom. The molecule has 1 aromatic carbocycles. The first-order valence-corrected chi connectivity index (χ1v) is 9.32. The number of nitrogens with zero attached hydrogens (tertiary/aromatic N) is 2. The van der Waals surface area contributed by atoms with Gasteiger partial charge in [0.05, 0.1) is 28.2 Å². The monoisotopic (exact) mass is 399 g/mol. The lowest BCUT2D eigenvalue weighted by Gasteiger charge is -2.25. The molecule has 1 aliphatic heterocycles. The number of hydrogen-bond acceptors (Lipinski definition) is 3. The molecule has 0 saturated carbocycles. The van der Waals surface area contributed by atoms with Crippen molar-refractivity contribution in [1.29, 1.82) is 0 Å². The molecule has 3 amide bonds. The minimum absolute atomic E-state index is 0.0262. The number of benzene rings is 1. The van der Waals surface area contributed by atoms with Gasteiger partial charge in [0, 0.05) is 25.6 Å². The zero-order valence-corrected chi connectivity index (χ0v) is 16.6. The van der Waals surface area contributed by atoms with Crippen LogP contribution in [0.25, 0.3) is 0 Å². The van der Waals surface area contributed by atoms with E-state index in [1.54, 1.807) is 30.0 Å². The Morgan fingerprint density at radius 3 is 2.42 bits per heavy atom. The van der Waals surface area contributed by atoms with Gasteiger partial charge in [-0.15, -0.1) is 0 Å². The first-order chi connectivity index (χ1) is 12.2. The second-order valence-electron chi connectivity index (χ2n) is 6.54. The quantitative estimate of drug-likeness (QED) is 0.798. The number of para-hydroxylation sites is 1. The molecule has 0 spiro atoms. The lowest BCUT2D eigenvalue weighted by molar-refractivity contribution is -0.138. The van der Waals surface area contributed by atoms with E-state index in [0.717, 1.165) is 0 Å². The number of anilines is 1. The highest BCUT2D eigenvalue weighted by atomic mass is 35.5. The molecule has 6 nitrogen and oxygen atoms in total. The molecule has 1 unspecified atom stereocenters. The summed E-state index contributed by atoms with van der Waals surface area (Å²) in [6.07, 6.45) is 0.186. The Bertz CT molecular complexity index is 689. The molecule has 1 saturated heterocycles. The molecule has 2 rings (SSSR count). The van der Waals surface area contributed by atoms with Crippen LogP contribution in [-0.4, -0.2) is 53.2 Å². The fraction of sp³-hybridized carbons (Fsp3) is 0.500. The van der Waals surface area contributed by atoms with E-state index in [9.17, 15) is 14.4 Å². The van der Waals surface area contributed by atoms with E-state index in [1.807, 2.05) is 13.8 Å². The molecule has 8 heteroatoms. The van der Waals surface area contributed by atoms with E-state index in [4.69, 9.17) is 23.2 Å². The van der Waals surface area contributed by atoms with Crippen molar-refractivity contribution >= 4 is 46.6 Å². The summed E-state index contributed by atoms with van der Waals surface area (Å²) in [7, 11) is 0. The zero-order chi connectivity index (χ0) is 19.4. The van der Waals surface area contributed by atoms with Gasteiger partial charge in [-0.25, -0.2) is 0 Å². The summed E-state index contributed by atoms with van der Waals surface area (Å²) in [5.74, 6) is -1.02. The Labute approximate surface area is 163 Å². The molecule has 1 aliphatic rings. The molecule has 0 aromatic heterocycles. The summed E-state index contributed by atoms with van der Waals surface area (Å²) in [5.41, 5.74) is 0.325. The minimum Gasteiger partial charge on any atom is -0.339 e. The topological polar surface area (TPSA) is 69.7 Å². The maximum atomic E-state index is 12.7. The number of likely N-dealkylation sites (N-methyl/N-ethyl adjacent to an activating group) is 1. The summed E-state index contributed by atoms with van der Waals surface area (Å²) in [6, 6.07) is 4.98. The van der Waals surface area contributed by atoms with Gasteiger partial charge in [0.25, 0.3) is 0 Å². The van der Waals surface area contributed by atoms with Crippen molar-refractivity contribution in [3.8, 4) is 0 Å². The van der Waals surface area contributed by atoms with Crippen molar-refractivity contribution in [3.05, 3.63) is 28.2 Å². The second-order valence-corrected chi connectivity index (χ2v) is 7.35. The number of likely N-dealkylation sites (tertiary alicyclic amines) is 1. The fourth-order valence-electron chi connectivity index (χ4n) is 2.97. The van der Waals surface area contributed by atoms with Crippen LogP contribution in [0.3, 0.4) is 0 Å². The standard InChI is InChI=1S/C18H23Cl2N3O3/c1-4-22(18(26)12-8-16(25)23(9-12)11(2)3)10-15(24)21-17-13(19)6-5-7-14(17)20/h5-7,11-12H,4,8-10H2,1-3H3,(H,21,24). The molecule has 142 valence electrons. The largest absolute Gasteiger partial charge is 0.339 e. The normalized spacial score (nSPS) is 16.9. The molecule has 1 fully saturated rings. The van der Waals surface area contributed by atoms with Crippen LogP contribution in [0.1, 0.15) is 27.2 Å². The van der Waals surface area contributed by atoms with Crippen LogP contribution in [0.4, 0.5) is 5.69 Å². The number of carbonyl (C=O) groups excluding carboxylic acids is 3. The molecular weight excluding hydrogens is 377 g/mol. The highest BCUT2D eigenvalue weighted by Crippen LogP contribution is 2.29. The summed E-state index contributed by atoms with van der Waals surface area (Å²) < 4.78 is 0. The number of rotatable bonds is 6. The average Bonchev–Trinajstić information content (AvgIpc) is 2.97. The van der Waals surface area contributed by atoms with Crippen LogP contribution in [0.5, 0.6) is 0 Å². The third-order valence-corrected chi connectivity index (χ3v) is 5.02. The van der Waals surface area contributed by atoms with Crippen LogP contribution >= 0.6 is 23.2 Å². The third kappa shape index (κ3) is 4.68. The number of halogens is 2. The van der Waals surface area contributed by atoms with Gasteiger partial charge in [-0.2, -0.15) is 0 Å². The molecular formula is C18H23Cl2N3O3. The van der Waals surface area contributed by atoms with Crippen molar-refractivity contribution in [2.24, 2.45) is 5.92 Å². The van der Waals surface area contributed by atoms with Gasteiger partial charge in [0.2, 0.25) is 17.7 Å². The second kappa shape index (κ2) is 8.73. The maximum Gasteiger partial charge on any atom is 0.244 e.